The van der Waals surface area contributed by atoms with Gasteiger partial charge in [0.1, 0.15) is 18.4 Å². The topological polar surface area (TPSA) is 139 Å². The molecule has 3 fully saturated rings. The molecule has 5 aliphatic heterocycles. The number of nitrogens with two attached hydrogens (primary N) is 1. The first-order chi connectivity index (χ1) is 22.1. The number of quaternary nitrogens is 2. The fourth-order valence-corrected chi connectivity index (χ4v) is 10.1. The maximum atomic E-state index is 14.0. The van der Waals surface area contributed by atoms with Crippen LogP contribution in [-0.4, -0.2) is 70.9 Å². The van der Waals surface area contributed by atoms with E-state index in [9.17, 15) is 17.8 Å². The van der Waals surface area contributed by atoms with E-state index < -0.39 is 21.2 Å². The van der Waals surface area contributed by atoms with Crippen molar-refractivity contribution in [2.75, 3.05) is 20.1 Å². The predicted octanol–water partition coefficient (Wildman–Crippen LogP) is 5.20. The Morgan fingerprint density at radius 3 is 2.43 bits per heavy atom. The van der Waals surface area contributed by atoms with E-state index in [2.05, 4.69) is 59.9 Å². The van der Waals surface area contributed by atoms with Crippen LogP contribution in [0.3, 0.4) is 0 Å². The quantitative estimate of drug-likeness (QED) is 0.0526. The number of fused-ring (bicyclic) bond motifs is 5. The summed E-state index contributed by atoms with van der Waals surface area (Å²) >= 11 is 0.924. The van der Waals surface area contributed by atoms with Crippen molar-refractivity contribution in [1.82, 2.24) is 4.48 Å². The molecule has 3 spiro atoms. The SMILES string of the molecule is C[N+]1=C(C=CC=CC=C2C(C)(C)c3ccc(S(=O)(=O)O)cc3[N+]23CCCCC32C(=O)[N+]23CC3N)C(C)(C)c2ccc(SOOO)cc21. The van der Waals surface area contributed by atoms with Crippen molar-refractivity contribution in [1.29, 1.82) is 0 Å². The minimum atomic E-state index is -4.46. The Morgan fingerprint density at radius 2 is 1.77 bits per heavy atom. The van der Waals surface area contributed by atoms with Gasteiger partial charge >= 0.3 is 11.6 Å². The molecule has 7 rings (SSSR count). The molecule has 5 heterocycles. The van der Waals surface area contributed by atoms with Crippen LogP contribution in [0, 0.1) is 0 Å². The number of benzene rings is 2. The third-order valence-corrected chi connectivity index (χ3v) is 12.8. The first-order valence-corrected chi connectivity index (χ1v) is 18.0. The lowest BCUT2D eigenvalue weighted by molar-refractivity contribution is -0.683. The molecule has 0 aromatic heterocycles. The van der Waals surface area contributed by atoms with Gasteiger partial charge in [0, 0.05) is 34.2 Å². The van der Waals surface area contributed by atoms with Gasteiger partial charge in [0.15, 0.2) is 12.3 Å². The zero-order valence-electron chi connectivity index (χ0n) is 27.1. The van der Waals surface area contributed by atoms with E-state index in [4.69, 9.17) is 11.0 Å². The molecule has 0 saturated carbocycles. The number of hydrogen-bond donors (Lipinski definition) is 3. The van der Waals surface area contributed by atoms with E-state index in [0.717, 1.165) is 63.7 Å². The summed E-state index contributed by atoms with van der Waals surface area (Å²) in [5.41, 5.74) is 10.9. The summed E-state index contributed by atoms with van der Waals surface area (Å²) in [6.45, 7) is 9.82. The van der Waals surface area contributed by atoms with Crippen molar-refractivity contribution < 1.29 is 41.5 Å². The maximum absolute atomic E-state index is 14.0. The molecule has 4 N–H and O–H groups in total. The standard InChI is InChI=1S/C34H39N4O7S2/c1-32(2)24-15-13-22(46-45-44-40)19-26(24)36(5)28(32)11-7-6-8-12-29-33(3,4)25-16-14-23(47(41,42)43)20-27(25)37(29)18-10-9-17-34(37)31(39)38(34)21-30(38)35/h6-8,11-16,19-20,30H,9-10,17-18,21,35H2,1-5H3/q+1/p+2. The van der Waals surface area contributed by atoms with Crippen LogP contribution in [0.5, 0.6) is 0 Å². The second kappa shape index (κ2) is 10.5. The Bertz CT molecular complexity index is 1970. The van der Waals surface area contributed by atoms with Gasteiger partial charge in [-0.15, -0.1) is 4.33 Å². The molecule has 3 saturated heterocycles. The highest BCUT2D eigenvalue weighted by atomic mass is 32.2. The molecular formula is C34H41N4O7S2+3. The number of carbonyl (C=O) groups is 1. The fraction of sp³-hybridized carbons (Fsp3) is 0.412. The highest BCUT2D eigenvalue weighted by Crippen LogP contribution is 2.70. The van der Waals surface area contributed by atoms with Crippen LogP contribution < -0.4 is 10.2 Å². The van der Waals surface area contributed by atoms with E-state index >= 15 is 0 Å². The van der Waals surface area contributed by atoms with Crippen molar-refractivity contribution in [2.45, 2.75) is 79.4 Å². The first kappa shape index (κ1) is 32.6. The highest BCUT2D eigenvalue weighted by molar-refractivity contribution is 7.94. The van der Waals surface area contributed by atoms with Crippen LogP contribution in [0.15, 0.2) is 82.3 Å². The predicted molar refractivity (Wildman–Crippen MR) is 178 cm³/mol. The lowest BCUT2D eigenvalue weighted by Crippen LogP contribution is -2.64. The molecule has 0 aliphatic carbocycles. The zero-order valence-corrected chi connectivity index (χ0v) is 28.8. The van der Waals surface area contributed by atoms with E-state index in [1.54, 1.807) is 12.1 Å². The number of rotatable bonds is 7. The molecule has 13 heteroatoms. The van der Waals surface area contributed by atoms with Gasteiger partial charge in [0.05, 0.1) is 40.7 Å². The second-order valence-corrected chi connectivity index (χ2v) is 16.5. The van der Waals surface area contributed by atoms with Crippen LogP contribution in [0.2, 0.25) is 0 Å². The minimum Gasteiger partial charge on any atom is -0.282 e. The lowest BCUT2D eigenvalue weighted by atomic mass is 9.81. The number of carbonyl (C=O) groups excluding carboxylic acids is 1. The summed E-state index contributed by atoms with van der Waals surface area (Å²) in [5.74, 6) is 0.125. The van der Waals surface area contributed by atoms with Crippen molar-refractivity contribution in [2.24, 2.45) is 5.73 Å². The Hall–Kier alpha value is -2.98. The summed E-state index contributed by atoms with van der Waals surface area (Å²) in [5, 5.41) is 12.3. The molecule has 248 valence electrons. The molecule has 2 aromatic rings. The summed E-state index contributed by atoms with van der Waals surface area (Å²) in [4.78, 5) is 14.6. The van der Waals surface area contributed by atoms with Crippen LogP contribution in [0.1, 0.15) is 58.1 Å². The normalized spacial score (nSPS) is 32.5. The molecule has 1 amide bonds. The third kappa shape index (κ3) is 4.22. The summed E-state index contributed by atoms with van der Waals surface area (Å²) in [7, 11) is -2.44. The monoisotopic (exact) mass is 681 g/mol. The number of nitrogens with zero attached hydrogens (tertiary/aromatic N) is 3. The number of amides is 1. The van der Waals surface area contributed by atoms with Crippen LogP contribution in [0.25, 0.3) is 0 Å². The van der Waals surface area contributed by atoms with Gasteiger partial charge in [-0.05, 0) is 58.7 Å². The minimum absolute atomic E-state index is 0.125. The second-order valence-electron chi connectivity index (χ2n) is 14.3. The molecule has 4 unspecified atom stereocenters. The first-order valence-electron chi connectivity index (χ1n) is 15.8. The summed E-state index contributed by atoms with van der Waals surface area (Å²) in [6, 6.07) is 10.8. The van der Waals surface area contributed by atoms with Crippen molar-refractivity contribution in [3.05, 3.63) is 83.6 Å². The Labute approximate surface area is 279 Å². The number of piperidine rings is 1. The number of allylic oxidation sites excluding steroid dienone is 6. The van der Waals surface area contributed by atoms with E-state index in [0.29, 0.717) is 19.5 Å². The van der Waals surface area contributed by atoms with Gasteiger partial charge in [-0.25, -0.2) is 10.1 Å². The average molecular weight is 682 g/mol. The maximum Gasteiger partial charge on any atom is 0.443 e. The molecule has 47 heavy (non-hydrogen) atoms. The van der Waals surface area contributed by atoms with Crippen LogP contribution in [0.4, 0.5) is 11.4 Å². The van der Waals surface area contributed by atoms with E-state index in [1.165, 1.54) is 6.07 Å². The van der Waals surface area contributed by atoms with E-state index in [1.807, 2.05) is 37.4 Å². The smallest absolute Gasteiger partial charge is 0.282 e. The van der Waals surface area contributed by atoms with Gasteiger partial charge in [-0.3, -0.25) is 10.3 Å². The van der Waals surface area contributed by atoms with Crippen LogP contribution in [-0.2, 0) is 35.1 Å². The molecular weight excluding hydrogens is 641 g/mol. The largest absolute Gasteiger partial charge is 0.443 e. The van der Waals surface area contributed by atoms with Gasteiger partial charge in [-0.2, -0.15) is 22.0 Å². The molecule has 0 radical (unpaired) electrons. The molecule has 11 nitrogen and oxygen atoms in total. The highest BCUT2D eigenvalue weighted by Gasteiger charge is 3.02. The van der Waals surface area contributed by atoms with Crippen molar-refractivity contribution >= 4 is 45.2 Å². The Kier molecular flexibility index (Phi) is 7.28. The fourth-order valence-electron chi connectivity index (χ4n) is 9.23. The average Bonchev–Trinajstić information content (AvgIpc) is 3.80. The van der Waals surface area contributed by atoms with Crippen LogP contribution >= 0.6 is 12.0 Å². The Balaban J connectivity index is 1.29. The zero-order chi connectivity index (χ0) is 33.8. The lowest BCUT2D eigenvalue weighted by Gasteiger charge is -2.42. The van der Waals surface area contributed by atoms with Crippen molar-refractivity contribution in [3.63, 3.8) is 0 Å². The summed E-state index contributed by atoms with van der Waals surface area (Å²) < 4.78 is 41.9. The summed E-state index contributed by atoms with van der Waals surface area (Å²) in [6.07, 6.45) is 12.4. The third-order valence-electron chi connectivity index (χ3n) is 11.4. The molecule has 5 aliphatic rings. The molecule has 2 aromatic carbocycles. The van der Waals surface area contributed by atoms with E-state index in [-0.39, 0.29) is 31.3 Å². The van der Waals surface area contributed by atoms with Gasteiger partial charge < -0.3 is 0 Å². The van der Waals surface area contributed by atoms with Crippen molar-refractivity contribution in [3.8, 4) is 0 Å². The number of hydrogen-bond acceptors (Lipinski definition) is 8. The van der Waals surface area contributed by atoms with Gasteiger partial charge in [0.25, 0.3) is 10.1 Å². The Morgan fingerprint density at radius 1 is 1.04 bits per heavy atom. The van der Waals surface area contributed by atoms with Gasteiger partial charge in [-0.1, -0.05) is 35.4 Å². The molecule has 4 atom stereocenters. The molecule has 0 bridgehead atoms. The van der Waals surface area contributed by atoms with Gasteiger partial charge in [0.2, 0.25) is 11.9 Å².